The zero-order chi connectivity index (χ0) is 26.3. The Bertz CT molecular complexity index is 877. The summed E-state index contributed by atoms with van der Waals surface area (Å²) >= 11 is 0. The van der Waals surface area contributed by atoms with Crippen LogP contribution in [0.1, 0.15) is 107 Å². The monoisotopic (exact) mass is 474 g/mol. The van der Waals surface area contributed by atoms with Crippen LogP contribution >= 0.6 is 0 Å². The summed E-state index contributed by atoms with van der Waals surface area (Å²) < 4.78 is 0. The summed E-state index contributed by atoms with van der Waals surface area (Å²) in [6, 6.07) is 0. The second kappa shape index (κ2) is 9.43. The summed E-state index contributed by atoms with van der Waals surface area (Å²) in [6.07, 6.45) is 2.61. The fraction of sp³-hybridized carbons (Fsp3) is 0.714. The molecule has 6 heteroatoms. The summed E-state index contributed by atoms with van der Waals surface area (Å²) in [5, 5.41) is 20.7. The molecular formula is C28H42O6. The van der Waals surface area contributed by atoms with Gasteiger partial charge in [0.15, 0.2) is 23.1 Å². The number of hydrogen-bond donors (Lipinski definition) is 2. The molecule has 0 heterocycles. The van der Waals surface area contributed by atoms with Crippen molar-refractivity contribution in [3.63, 3.8) is 0 Å². The van der Waals surface area contributed by atoms with E-state index in [4.69, 9.17) is 0 Å². The zero-order valence-electron chi connectivity index (χ0n) is 22.2. The van der Waals surface area contributed by atoms with Gasteiger partial charge in [-0.2, -0.15) is 0 Å². The van der Waals surface area contributed by atoms with E-state index in [9.17, 15) is 29.4 Å². The molecule has 0 saturated carbocycles. The average Bonchev–Trinajstić information content (AvgIpc) is 2.55. The SMILES string of the molecule is CC(C)(CCC(C)(C)CC(=O)C1=C(O)CC(C)(C)CC1=O)CC(=O)C1=C(O)CC(C)(C)CC1=O. The van der Waals surface area contributed by atoms with Crippen molar-refractivity contribution in [1.29, 1.82) is 0 Å². The lowest BCUT2D eigenvalue weighted by atomic mass is 9.70. The molecule has 0 amide bonds. The molecule has 2 N–H and O–H groups in total. The first-order chi connectivity index (χ1) is 15.2. The van der Waals surface area contributed by atoms with Gasteiger partial charge in [0.05, 0.1) is 11.1 Å². The fourth-order valence-corrected chi connectivity index (χ4v) is 5.11. The van der Waals surface area contributed by atoms with Crippen LogP contribution in [0.5, 0.6) is 0 Å². The van der Waals surface area contributed by atoms with E-state index in [-0.39, 0.29) is 82.3 Å². The van der Waals surface area contributed by atoms with E-state index in [2.05, 4.69) is 0 Å². The Labute approximate surface area is 203 Å². The Hall–Kier alpha value is -2.24. The Morgan fingerprint density at radius 1 is 0.676 bits per heavy atom. The molecule has 0 fully saturated rings. The maximum absolute atomic E-state index is 12.9. The van der Waals surface area contributed by atoms with Crippen LogP contribution in [0.3, 0.4) is 0 Å². The fourth-order valence-electron chi connectivity index (χ4n) is 5.11. The molecule has 0 radical (unpaired) electrons. The van der Waals surface area contributed by atoms with Crippen LogP contribution in [0.4, 0.5) is 0 Å². The molecule has 2 aliphatic carbocycles. The predicted molar refractivity (Wildman–Crippen MR) is 131 cm³/mol. The zero-order valence-corrected chi connectivity index (χ0v) is 22.2. The number of rotatable bonds is 9. The number of aliphatic hydroxyl groups is 2. The van der Waals surface area contributed by atoms with Gasteiger partial charge in [-0.05, 0) is 34.5 Å². The van der Waals surface area contributed by atoms with Gasteiger partial charge in [0.1, 0.15) is 11.5 Å². The molecule has 0 atom stereocenters. The molecule has 0 aromatic rings. The molecule has 2 aliphatic rings. The minimum absolute atomic E-state index is 0.0528. The van der Waals surface area contributed by atoms with Crippen LogP contribution in [0.2, 0.25) is 0 Å². The summed E-state index contributed by atoms with van der Waals surface area (Å²) in [5.41, 5.74) is -1.69. The lowest BCUT2D eigenvalue weighted by Gasteiger charge is -2.33. The lowest BCUT2D eigenvalue weighted by Crippen LogP contribution is -2.32. The highest BCUT2D eigenvalue weighted by Gasteiger charge is 2.39. The van der Waals surface area contributed by atoms with Gasteiger partial charge >= 0.3 is 0 Å². The van der Waals surface area contributed by atoms with Gasteiger partial charge < -0.3 is 10.2 Å². The van der Waals surface area contributed by atoms with Gasteiger partial charge in [-0.15, -0.1) is 0 Å². The first-order valence-electron chi connectivity index (χ1n) is 12.2. The number of carbonyl (C=O) groups excluding carboxylic acids is 4. The van der Waals surface area contributed by atoms with Crippen LogP contribution in [0.15, 0.2) is 22.7 Å². The van der Waals surface area contributed by atoms with Crippen LogP contribution in [0, 0.1) is 21.7 Å². The van der Waals surface area contributed by atoms with Crippen LogP contribution in [-0.2, 0) is 19.2 Å². The van der Waals surface area contributed by atoms with Crippen molar-refractivity contribution in [3.8, 4) is 0 Å². The van der Waals surface area contributed by atoms with Crippen molar-refractivity contribution < 1.29 is 29.4 Å². The summed E-state index contributed by atoms with van der Waals surface area (Å²) in [6.45, 7) is 15.4. The minimum Gasteiger partial charge on any atom is -0.511 e. The molecule has 190 valence electrons. The summed E-state index contributed by atoms with van der Waals surface area (Å²) in [5.74, 6) is -1.48. The number of ketones is 4. The van der Waals surface area contributed by atoms with Crippen molar-refractivity contribution >= 4 is 23.1 Å². The van der Waals surface area contributed by atoms with E-state index < -0.39 is 10.8 Å². The maximum atomic E-state index is 12.9. The topological polar surface area (TPSA) is 109 Å². The van der Waals surface area contributed by atoms with Gasteiger partial charge in [-0.25, -0.2) is 0 Å². The lowest BCUT2D eigenvalue weighted by molar-refractivity contribution is -0.126. The third-order valence-corrected chi connectivity index (χ3v) is 7.02. The molecule has 0 aliphatic heterocycles. The first-order valence-corrected chi connectivity index (χ1v) is 12.2. The molecule has 0 spiro atoms. The molecule has 0 aromatic heterocycles. The van der Waals surface area contributed by atoms with E-state index in [0.717, 1.165) is 0 Å². The van der Waals surface area contributed by atoms with Crippen molar-refractivity contribution in [2.75, 3.05) is 0 Å². The van der Waals surface area contributed by atoms with Gasteiger partial charge in [0.25, 0.3) is 0 Å². The highest BCUT2D eigenvalue weighted by Crippen LogP contribution is 2.41. The molecule has 2 rings (SSSR count). The minimum atomic E-state index is -0.440. The maximum Gasteiger partial charge on any atom is 0.170 e. The number of aliphatic hydroxyl groups excluding tert-OH is 2. The molecule has 34 heavy (non-hydrogen) atoms. The molecular weight excluding hydrogens is 432 g/mol. The molecule has 0 saturated heterocycles. The van der Waals surface area contributed by atoms with E-state index >= 15 is 0 Å². The second-order valence-electron chi connectivity index (χ2n) is 13.6. The van der Waals surface area contributed by atoms with Crippen molar-refractivity contribution in [3.05, 3.63) is 22.7 Å². The average molecular weight is 475 g/mol. The summed E-state index contributed by atoms with van der Waals surface area (Å²) in [4.78, 5) is 50.8. The number of carbonyl (C=O) groups is 4. The second-order valence-corrected chi connectivity index (χ2v) is 13.6. The van der Waals surface area contributed by atoms with Crippen LogP contribution in [-0.4, -0.2) is 33.3 Å². The third kappa shape index (κ3) is 7.13. The third-order valence-electron chi connectivity index (χ3n) is 7.02. The molecule has 0 bridgehead atoms. The summed E-state index contributed by atoms with van der Waals surface area (Å²) in [7, 11) is 0. The van der Waals surface area contributed by atoms with Gasteiger partial charge in [0.2, 0.25) is 0 Å². The van der Waals surface area contributed by atoms with Gasteiger partial charge in [0, 0.05) is 38.5 Å². The van der Waals surface area contributed by atoms with E-state index in [1.165, 1.54) is 0 Å². The van der Waals surface area contributed by atoms with Crippen molar-refractivity contribution in [2.45, 2.75) is 107 Å². The smallest absolute Gasteiger partial charge is 0.170 e. The Balaban J connectivity index is 2.03. The Kier molecular flexibility index (Phi) is 7.76. The standard InChI is InChI=1S/C28H42O6/c1-25(2,11-17(29)23-19(31)13-27(5,6)14-20(23)32)9-10-26(3,4)12-18(30)24-21(33)15-28(7,8)16-22(24)34/h31,33H,9-16H2,1-8H3. The van der Waals surface area contributed by atoms with E-state index in [1.807, 2.05) is 55.4 Å². The Morgan fingerprint density at radius 3 is 1.24 bits per heavy atom. The Morgan fingerprint density at radius 2 is 0.971 bits per heavy atom. The van der Waals surface area contributed by atoms with E-state index in [0.29, 0.717) is 25.7 Å². The van der Waals surface area contributed by atoms with E-state index in [1.54, 1.807) is 0 Å². The molecule has 0 unspecified atom stereocenters. The van der Waals surface area contributed by atoms with Crippen molar-refractivity contribution in [2.24, 2.45) is 21.7 Å². The predicted octanol–water partition coefficient (Wildman–Crippen LogP) is 6.14. The van der Waals surface area contributed by atoms with Crippen molar-refractivity contribution in [1.82, 2.24) is 0 Å². The number of hydrogen-bond acceptors (Lipinski definition) is 6. The normalized spacial score (nSPS) is 21.2. The van der Waals surface area contributed by atoms with Crippen LogP contribution in [0.25, 0.3) is 0 Å². The first kappa shape index (κ1) is 28.0. The van der Waals surface area contributed by atoms with Gasteiger partial charge in [-0.1, -0.05) is 55.4 Å². The number of allylic oxidation sites excluding steroid dienone is 4. The largest absolute Gasteiger partial charge is 0.511 e. The quantitative estimate of drug-likeness (QED) is 0.389. The van der Waals surface area contributed by atoms with Crippen LogP contribution < -0.4 is 0 Å². The highest BCUT2D eigenvalue weighted by atomic mass is 16.3. The van der Waals surface area contributed by atoms with Gasteiger partial charge in [-0.3, -0.25) is 19.2 Å². The molecule has 0 aromatic carbocycles. The molecule has 6 nitrogen and oxygen atoms in total. The highest BCUT2D eigenvalue weighted by molar-refractivity contribution is 6.21. The number of Topliss-reactive ketones (excluding diaryl/α,β-unsaturated/α-hetero) is 4.